The minimum atomic E-state index is -2.05. The average Bonchev–Trinajstić information content (AvgIpc) is 3.41. The van der Waals surface area contributed by atoms with Crippen LogP contribution in [0.5, 0.6) is 0 Å². The van der Waals surface area contributed by atoms with Gasteiger partial charge >= 0.3 is 0 Å². The van der Waals surface area contributed by atoms with E-state index < -0.39 is 46.9 Å². The summed E-state index contributed by atoms with van der Waals surface area (Å²) in [6.45, 7) is 5.80. The van der Waals surface area contributed by atoms with Crippen molar-refractivity contribution in [1.82, 2.24) is 0 Å². The number of benzene rings is 3. The van der Waals surface area contributed by atoms with Gasteiger partial charge in [0, 0.05) is 11.1 Å². The lowest BCUT2D eigenvalue weighted by Gasteiger charge is -2.27. The van der Waals surface area contributed by atoms with Crippen LogP contribution in [-0.2, 0) is 14.3 Å². The van der Waals surface area contributed by atoms with Crippen LogP contribution in [0, 0.1) is 32.6 Å². The van der Waals surface area contributed by atoms with Gasteiger partial charge in [0.1, 0.15) is 0 Å². The highest BCUT2D eigenvalue weighted by molar-refractivity contribution is 6.37. The second kappa shape index (κ2) is 7.30. The maximum atomic E-state index is 13.9. The number of imide groups is 1. The zero-order valence-corrected chi connectivity index (χ0v) is 19.6. The van der Waals surface area contributed by atoms with Crippen LogP contribution in [0.2, 0.25) is 0 Å². The average molecular weight is 466 g/mol. The fourth-order valence-electron chi connectivity index (χ4n) is 5.69. The summed E-state index contributed by atoms with van der Waals surface area (Å²) in [6, 6.07) is 19.3. The fourth-order valence-corrected chi connectivity index (χ4v) is 5.69. The van der Waals surface area contributed by atoms with E-state index in [2.05, 4.69) is 0 Å². The topological polar surface area (TPSA) is 80.8 Å². The van der Waals surface area contributed by atoms with Crippen molar-refractivity contribution in [3.63, 3.8) is 0 Å². The molecule has 3 atom stereocenters. The first kappa shape index (κ1) is 21.6. The number of amides is 2. The van der Waals surface area contributed by atoms with Crippen molar-refractivity contribution in [2.75, 3.05) is 4.90 Å². The van der Waals surface area contributed by atoms with E-state index in [1.165, 1.54) is 0 Å². The molecule has 174 valence electrons. The molecule has 0 saturated carbocycles. The summed E-state index contributed by atoms with van der Waals surface area (Å²) >= 11 is 0. The molecule has 2 fully saturated rings. The summed E-state index contributed by atoms with van der Waals surface area (Å²) in [4.78, 5) is 56.5. The van der Waals surface area contributed by atoms with Gasteiger partial charge < -0.3 is 4.74 Å². The Morgan fingerprint density at radius 1 is 0.743 bits per heavy atom. The predicted octanol–water partition coefficient (Wildman–Crippen LogP) is 4.31. The highest BCUT2D eigenvalue weighted by atomic mass is 16.5. The lowest BCUT2D eigenvalue weighted by atomic mass is 9.77. The van der Waals surface area contributed by atoms with Crippen LogP contribution in [-0.4, -0.2) is 29.0 Å². The number of aryl methyl sites for hydroxylation is 3. The Bertz CT molecular complexity index is 1420. The lowest BCUT2D eigenvalue weighted by molar-refractivity contribution is -0.127. The van der Waals surface area contributed by atoms with Crippen LogP contribution in [0.25, 0.3) is 0 Å². The second-order valence-corrected chi connectivity index (χ2v) is 9.67. The Morgan fingerprint density at radius 2 is 1.37 bits per heavy atom. The van der Waals surface area contributed by atoms with E-state index in [0.717, 1.165) is 21.6 Å². The van der Waals surface area contributed by atoms with E-state index in [-0.39, 0.29) is 11.1 Å². The standard InChI is InChI=1S/C29H23NO5/c1-15-8-11-18(12-9-15)24-22-23(28(34)30(27(22)33)19-13-10-16(2)17(3)14-19)29(35-24)25(31)20-6-4-5-7-21(20)26(29)32/h4-14,22-24H,1-3H3. The highest BCUT2D eigenvalue weighted by Gasteiger charge is 2.74. The molecule has 1 spiro atoms. The van der Waals surface area contributed by atoms with Gasteiger partial charge in [-0.1, -0.05) is 60.2 Å². The quantitative estimate of drug-likeness (QED) is 0.416. The number of hydrogen-bond acceptors (Lipinski definition) is 5. The van der Waals surface area contributed by atoms with E-state index in [9.17, 15) is 19.2 Å². The van der Waals surface area contributed by atoms with Crippen LogP contribution < -0.4 is 4.90 Å². The fraction of sp³-hybridized carbons (Fsp3) is 0.241. The molecular weight excluding hydrogens is 442 g/mol. The number of rotatable bonds is 2. The molecule has 2 amide bonds. The minimum Gasteiger partial charge on any atom is -0.349 e. The van der Waals surface area contributed by atoms with Gasteiger partial charge in [0.2, 0.25) is 29.0 Å². The Labute approximate surface area is 202 Å². The highest BCUT2D eigenvalue weighted by Crippen LogP contribution is 2.57. The van der Waals surface area contributed by atoms with E-state index in [1.807, 2.05) is 51.1 Å². The molecule has 6 nitrogen and oxygen atoms in total. The van der Waals surface area contributed by atoms with Crippen LogP contribution in [0.15, 0.2) is 66.7 Å². The number of Topliss-reactive ketones (excluding diaryl/α,β-unsaturated/α-hetero) is 2. The molecule has 0 bridgehead atoms. The van der Waals surface area contributed by atoms with Gasteiger partial charge in [-0.05, 0) is 49.6 Å². The van der Waals surface area contributed by atoms with Gasteiger partial charge in [0.25, 0.3) is 0 Å². The number of ether oxygens (including phenoxy) is 1. The normalized spacial score (nSPS) is 24.4. The summed E-state index contributed by atoms with van der Waals surface area (Å²) in [5.74, 6) is -4.37. The SMILES string of the molecule is Cc1ccc(C2OC3(C(=O)c4ccccc4C3=O)C3C(=O)N(c4ccc(C)c(C)c4)C(=O)C23)cc1. The number of carbonyl (C=O) groups excluding carboxylic acids is 4. The van der Waals surface area contributed by atoms with Gasteiger partial charge in [-0.2, -0.15) is 0 Å². The van der Waals surface area contributed by atoms with E-state index >= 15 is 0 Å². The lowest BCUT2D eigenvalue weighted by Crippen LogP contribution is -2.51. The van der Waals surface area contributed by atoms with E-state index in [0.29, 0.717) is 11.3 Å². The Hall–Kier alpha value is -3.90. The second-order valence-electron chi connectivity index (χ2n) is 9.67. The molecule has 3 aromatic rings. The van der Waals surface area contributed by atoms with Crippen LogP contribution in [0.1, 0.15) is 49.1 Å². The Kier molecular flexibility index (Phi) is 4.51. The summed E-state index contributed by atoms with van der Waals surface area (Å²) in [7, 11) is 0. The van der Waals surface area contributed by atoms with Crippen molar-refractivity contribution in [1.29, 1.82) is 0 Å². The predicted molar refractivity (Wildman–Crippen MR) is 128 cm³/mol. The van der Waals surface area contributed by atoms with Crippen molar-refractivity contribution in [2.45, 2.75) is 32.5 Å². The van der Waals surface area contributed by atoms with Gasteiger partial charge in [-0.15, -0.1) is 0 Å². The van der Waals surface area contributed by atoms with Crippen molar-refractivity contribution in [3.8, 4) is 0 Å². The van der Waals surface area contributed by atoms with Crippen molar-refractivity contribution < 1.29 is 23.9 Å². The van der Waals surface area contributed by atoms with Gasteiger partial charge in [-0.3, -0.25) is 19.2 Å². The van der Waals surface area contributed by atoms with Crippen molar-refractivity contribution in [3.05, 3.63) is 100 Å². The molecular formula is C29H23NO5. The third-order valence-corrected chi connectivity index (χ3v) is 7.67. The zero-order valence-electron chi connectivity index (χ0n) is 19.6. The summed E-state index contributed by atoms with van der Waals surface area (Å²) in [6.07, 6.45) is -0.907. The number of anilines is 1. The molecule has 6 rings (SSSR count). The molecule has 1 aliphatic carbocycles. The molecule has 6 heteroatoms. The third kappa shape index (κ3) is 2.74. The van der Waals surface area contributed by atoms with Crippen LogP contribution in [0.3, 0.4) is 0 Å². The summed E-state index contributed by atoms with van der Waals surface area (Å²) in [5, 5.41) is 0. The summed E-state index contributed by atoms with van der Waals surface area (Å²) < 4.78 is 6.31. The number of nitrogens with zero attached hydrogens (tertiary/aromatic N) is 1. The first-order valence-electron chi connectivity index (χ1n) is 11.6. The Balaban J connectivity index is 1.54. The monoisotopic (exact) mass is 465 g/mol. The first-order chi connectivity index (χ1) is 16.8. The molecule has 2 saturated heterocycles. The van der Waals surface area contributed by atoms with Crippen molar-refractivity contribution in [2.24, 2.45) is 11.8 Å². The third-order valence-electron chi connectivity index (χ3n) is 7.67. The van der Waals surface area contributed by atoms with E-state index in [4.69, 9.17) is 4.74 Å². The first-order valence-corrected chi connectivity index (χ1v) is 11.6. The molecule has 0 N–H and O–H groups in total. The molecule has 3 aliphatic rings. The number of ketones is 2. The van der Waals surface area contributed by atoms with Gasteiger partial charge in [-0.25, -0.2) is 4.90 Å². The Morgan fingerprint density at radius 3 is 1.97 bits per heavy atom. The smallest absolute Gasteiger partial charge is 0.241 e. The van der Waals surface area contributed by atoms with Gasteiger partial charge in [0.15, 0.2) is 0 Å². The molecule has 2 aliphatic heterocycles. The maximum Gasteiger partial charge on any atom is 0.241 e. The molecule has 0 radical (unpaired) electrons. The molecule has 2 heterocycles. The molecule has 3 unspecified atom stereocenters. The molecule has 3 aromatic carbocycles. The molecule has 0 aromatic heterocycles. The van der Waals surface area contributed by atoms with Crippen molar-refractivity contribution >= 4 is 29.1 Å². The largest absolute Gasteiger partial charge is 0.349 e. The number of carbonyl (C=O) groups is 4. The van der Waals surface area contributed by atoms with Crippen LogP contribution in [0.4, 0.5) is 5.69 Å². The number of hydrogen-bond donors (Lipinski definition) is 0. The number of fused-ring (bicyclic) bond motifs is 3. The zero-order chi connectivity index (χ0) is 24.6. The molecule has 35 heavy (non-hydrogen) atoms. The van der Waals surface area contributed by atoms with E-state index in [1.54, 1.807) is 36.4 Å². The minimum absolute atomic E-state index is 0.227. The summed E-state index contributed by atoms with van der Waals surface area (Å²) in [5.41, 5.74) is 2.47. The van der Waals surface area contributed by atoms with Crippen LogP contribution >= 0.6 is 0 Å². The van der Waals surface area contributed by atoms with Gasteiger partial charge in [0.05, 0.1) is 23.6 Å². The maximum absolute atomic E-state index is 13.9.